The fourth-order valence-electron chi connectivity index (χ4n) is 2.02. The quantitative estimate of drug-likeness (QED) is 0.644. The van der Waals surface area contributed by atoms with Gasteiger partial charge in [0.2, 0.25) is 0 Å². The van der Waals surface area contributed by atoms with Crippen molar-refractivity contribution < 1.29 is 8.98 Å². The number of nitrogens with one attached hydrogen (secondary N) is 2. The van der Waals surface area contributed by atoms with Gasteiger partial charge in [0.1, 0.15) is 11.6 Å². The zero-order valence-corrected chi connectivity index (χ0v) is 13.1. The Morgan fingerprint density at radius 1 is 1.48 bits per heavy atom. The molecule has 0 radical (unpaired) electrons. The van der Waals surface area contributed by atoms with Gasteiger partial charge in [0.25, 0.3) is 5.91 Å². The highest BCUT2D eigenvalue weighted by atomic mass is 32.2. The highest BCUT2D eigenvalue weighted by molar-refractivity contribution is 7.99. The normalized spacial score (nSPS) is 17.2. The molecule has 1 aliphatic rings. The Kier molecular flexibility index (Phi) is 5.90. The van der Waals surface area contributed by atoms with Crippen LogP contribution in [0.1, 0.15) is 31.4 Å². The minimum absolute atomic E-state index is 0.0930. The largest absolute Gasteiger partial charge is 0.385 e. The van der Waals surface area contributed by atoms with E-state index >= 15 is 0 Å². The van der Waals surface area contributed by atoms with Crippen LogP contribution in [0, 0.1) is 0 Å². The fourth-order valence-corrected chi connectivity index (χ4v) is 2.59. The van der Waals surface area contributed by atoms with Crippen molar-refractivity contribution in [3.63, 3.8) is 0 Å². The first kappa shape index (κ1) is 15.7. The summed E-state index contributed by atoms with van der Waals surface area (Å²) in [7, 11) is 0. The highest BCUT2D eigenvalue weighted by Gasteiger charge is 2.16. The van der Waals surface area contributed by atoms with Crippen LogP contribution >= 0.6 is 12.0 Å². The number of allylic oxidation sites excluding steroid dienone is 1. The molecule has 0 spiro atoms. The summed E-state index contributed by atoms with van der Waals surface area (Å²) in [5.41, 5.74) is 3.16. The smallest absolute Gasteiger partial charge is 0.261 e. The second-order valence-corrected chi connectivity index (χ2v) is 5.44. The van der Waals surface area contributed by atoms with Crippen molar-refractivity contribution in [1.82, 2.24) is 5.32 Å². The molecule has 0 aliphatic carbocycles. The summed E-state index contributed by atoms with van der Waals surface area (Å²) in [4.78, 5) is 12.4. The van der Waals surface area contributed by atoms with Gasteiger partial charge in [-0.25, -0.2) is 0 Å². The number of carbonyl (C=O) groups excluding carboxylic acids is 1. The van der Waals surface area contributed by atoms with Gasteiger partial charge in [0, 0.05) is 29.8 Å². The third-order valence-electron chi connectivity index (χ3n) is 2.99. The number of benzene rings is 1. The summed E-state index contributed by atoms with van der Waals surface area (Å²) in [6.45, 7) is 5.29. The molecule has 0 bridgehead atoms. The molecule has 0 saturated carbocycles. The van der Waals surface area contributed by atoms with Crippen molar-refractivity contribution in [2.45, 2.75) is 20.3 Å². The average molecular weight is 304 g/mol. The molecule has 5 heteroatoms. The monoisotopic (exact) mass is 304 g/mol. The van der Waals surface area contributed by atoms with Crippen molar-refractivity contribution >= 4 is 35.8 Å². The van der Waals surface area contributed by atoms with Crippen molar-refractivity contribution in [2.24, 2.45) is 0 Å². The Hall–Kier alpha value is -1.72. The molecule has 2 rings (SSSR count). The first-order chi connectivity index (χ1) is 10.3. The van der Waals surface area contributed by atoms with Crippen molar-refractivity contribution in [3.8, 4) is 0 Å². The topological polar surface area (TPSA) is 50.4 Å². The van der Waals surface area contributed by atoms with Crippen LogP contribution in [-0.2, 0) is 8.98 Å². The molecular formula is C16H20N2O2S. The molecule has 1 saturated heterocycles. The molecule has 112 valence electrons. The molecule has 1 fully saturated rings. The SMILES string of the molecule is C/C=C\c1c(/C=C2\SOCNC2=O)cccc1NCCC. The summed E-state index contributed by atoms with van der Waals surface area (Å²) < 4.78 is 5.20. The standard InChI is InChI=1S/C16H20N2O2S/c1-3-6-13-12(7-5-8-14(13)17-9-4-2)10-15-16(19)18-11-20-21-15/h3,5-8,10,17H,4,9,11H2,1-2H3,(H,18,19)/b6-3-,15-10-. The van der Waals surface area contributed by atoms with E-state index in [1.807, 2.05) is 31.2 Å². The van der Waals surface area contributed by atoms with E-state index in [9.17, 15) is 4.79 Å². The highest BCUT2D eigenvalue weighted by Crippen LogP contribution is 2.28. The Morgan fingerprint density at radius 3 is 3.05 bits per heavy atom. The van der Waals surface area contributed by atoms with Crippen LogP contribution in [0.25, 0.3) is 12.2 Å². The van der Waals surface area contributed by atoms with E-state index in [-0.39, 0.29) is 12.6 Å². The molecule has 1 aliphatic heterocycles. The molecule has 21 heavy (non-hydrogen) atoms. The van der Waals surface area contributed by atoms with Gasteiger partial charge in [-0.15, -0.1) is 0 Å². The zero-order chi connectivity index (χ0) is 15.1. The lowest BCUT2D eigenvalue weighted by Crippen LogP contribution is -2.29. The van der Waals surface area contributed by atoms with E-state index < -0.39 is 0 Å². The first-order valence-corrected chi connectivity index (χ1v) is 7.79. The Bertz CT molecular complexity index is 567. The number of hydrogen-bond acceptors (Lipinski definition) is 4. The van der Waals surface area contributed by atoms with Gasteiger partial charge in [0.05, 0.1) is 0 Å². The molecule has 0 aromatic heterocycles. The Labute approximate surface area is 129 Å². The zero-order valence-electron chi connectivity index (χ0n) is 12.3. The Morgan fingerprint density at radius 2 is 2.33 bits per heavy atom. The minimum atomic E-state index is -0.0930. The molecular weight excluding hydrogens is 284 g/mol. The Balaban J connectivity index is 2.37. The molecule has 1 aromatic carbocycles. The summed E-state index contributed by atoms with van der Waals surface area (Å²) in [5.74, 6) is -0.0930. The maximum absolute atomic E-state index is 11.8. The van der Waals surface area contributed by atoms with E-state index in [0.29, 0.717) is 4.91 Å². The van der Waals surface area contributed by atoms with Crippen LogP contribution in [0.3, 0.4) is 0 Å². The van der Waals surface area contributed by atoms with Crippen LogP contribution in [0.5, 0.6) is 0 Å². The summed E-state index contributed by atoms with van der Waals surface area (Å²) in [6, 6.07) is 6.04. The van der Waals surface area contributed by atoms with Crippen LogP contribution in [0.15, 0.2) is 29.2 Å². The number of carbonyl (C=O) groups is 1. The van der Waals surface area contributed by atoms with Crippen LogP contribution < -0.4 is 10.6 Å². The van der Waals surface area contributed by atoms with Gasteiger partial charge in [-0.1, -0.05) is 31.2 Å². The van der Waals surface area contributed by atoms with E-state index in [0.717, 1.165) is 41.8 Å². The minimum Gasteiger partial charge on any atom is -0.385 e. The molecule has 0 unspecified atom stereocenters. The van der Waals surface area contributed by atoms with E-state index in [1.54, 1.807) is 0 Å². The van der Waals surface area contributed by atoms with Gasteiger partial charge in [-0.2, -0.15) is 0 Å². The van der Waals surface area contributed by atoms with Crippen LogP contribution in [0.2, 0.25) is 0 Å². The molecule has 2 N–H and O–H groups in total. The predicted molar refractivity (Wildman–Crippen MR) is 89.6 cm³/mol. The second-order valence-electron chi connectivity index (χ2n) is 4.60. The van der Waals surface area contributed by atoms with Gasteiger partial charge in [-0.05, 0) is 31.1 Å². The third kappa shape index (κ3) is 4.12. The van der Waals surface area contributed by atoms with Crippen LogP contribution in [-0.4, -0.2) is 19.2 Å². The lowest BCUT2D eigenvalue weighted by molar-refractivity contribution is -0.118. The van der Waals surface area contributed by atoms with Crippen molar-refractivity contribution in [1.29, 1.82) is 0 Å². The van der Waals surface area contributed by atoms with E-state index in [1.165, 1.54) is 0 Å². The fraction of sp³-hybridized carbons (Fsp3) is 0.312. The maximum Gasteiger partial charge on any atom is 0.261 e. The second kappa shape index (κ2) is 7.90. The van der Waals surface area contributed by atoms with E-state index in [4.69, 9.17) is 4.18 Å². The van der Waals surface area contributed by atoms with E-state index in [2.05, 4.69) is 29.7 Å². The first-order valence-electron chi connectivity index (χ1n) is 7.05. The average Bonchev–Trinajstić information content (AvgIpc) is 2.50. The number of anilines is 1. The molecule has 4 nitrogen and oxygen atoms in total. The van der Waals surface area contributed by atoms with Gasteiger partial charge < -0.3 is 10.6 Å². The summed E-state index contributed by atoms with van der Waals surface area (Å²) in [5, 5.41) is 6.09. The number of hydrogen-bond donors (Lipinski definition) is 2. The molecule has 1 heterocycles. The third-order valence-corrected chi connectivity index (χ3v) is 3.71. The molecule has 1 amide bonds. The predicted octanol–water partition coefficient (Wildman–Crippen LogP) is 3.63. The van der Waals surface area contributed by atoms with Crippen molar-refractivity contribution in [3.05, 3.63) is 40.3 Å². The molecule has 0 atom stereocenters. The maximum atomic E-state index is 11.8. The van der Waals surface area contributed by atoms with Gasteiger partial charge in [-0.3, -0.25) is 8.98 Å². The lowest BCUT2D eigenvalue weighted by Gasteiger charge is -2.15. The van der Waals surface area contributed by atoms with Gasteiger partial charge >= 0.3 is 0 Å². The summed E-state index contributed by atoms with van der Waals surface area (Å²) >= 11 is 1.12. The number of rotatable bonds is 5. The summed E-state index contributed by atoms with van der Waals surface area (Å²) in [6.07, 6.45) is 6.98. The lowest BCUT2D eigenvalue weighted by atomic mass is 10.0. The van der Waals surface area contributed by atoms with Crippen LogP contribution in [0.4, 0.5) is 5.69 Å². The number of amides is 1. The van der Waals surface area contributed by atoms with Crippen molar-refractivity contribution in [2.75, 3.05) is 18.6 Å². The van der Waals surface area contributed by atoms with Gasteiger partial charge in [0.15, 0.2) is 0 Å². The molecule has 1 aromatic rings.